The predicted molar refractivity (Wildman–Crippen MR) is 72.9 cm³/mol. The summed E-state index contributed by atoms with van der Waals surface area (Å²) in [6.07, 6.45) is 2.50. The molecule has 0 spiro atoms. The third kappa shape index (κ3) is 3.06. The van der Waals surface area contributed by atoms with Crippen molar-refractivity contribution in [3.8, 4) is 11.4 Å². The van der Waals surface area contributed by atoms with E-state index in [-0.39, 0.29) is 10.7 Å². The third-order valence-corrected chi connectivity index (χ3v) is 2.75. The van der Waals surface area contributed by atoms with Gasteiger partial charge in [0, 0.05) is 0 Å². The molecule has 0 radical (unpaired) electrons. The van der Waals surface area contributed by atoms with Crippen LogP contribution in [0.1, 0.15) is 23.8 Å². The standard InChI is InChI=1S/C13H14ClN3O2/c1-2-7-19-10-5-3-9(4-6-10)17-8-11(14)12(16-17)13(15)18/h3-6,8H,2,7H2,1H3,(H2,15,18). The number of primary amides is 1. The number of aromatic nitrogens is 2. The molecule has 0 saturated carbocycles. The maximum Gasteiger partial charge on any atom is 0.270 e. The van der Waals surface area contributed by atoms with Gasteiger partial charge in [-0.2, -0.15) is 5.10 Å². The lowest BCUT2D eigenvalue weighted by Crippen LogP contribution is -2.12. The maximum absolute atomic E-state index is 11.1. The lowest BCUT2D eigenvalue weighted by Gasteiger charge is -2.05. The minimum atomic E-state index is -0.647. The zero-order valence-electron chi connectivity index (χ0n) is 10.5. The Morgan fingerprint density at radius 2 is 2.11 bits per heavy atom. The number of carbonyl (C=O) groups excluding carboxylic acids is 1. The molecule has 1 amide bonds. The second kappa shape index (κ2) is 5.75. The van der Waals surface area contributed by atoms with Gasteiger partial charge in [0.05, 0.1) is 23.5 Å². The molecule has 2 rings (SSSR count). The maximum atomic E-state index is 11.1. The first kappa shape index (κ1) is 13.4. The van der Waals surface area contributed by atoms with Crippen LogP contribution < -0.4 is 10.5 Å². The van der Waals surface area contributed by atoms with Crippen LogP contribution in [0.3, 0.4) is 0 Å². The summed E-state index contributed by atoms with van der Waals surface area (Å²) in [4.78, 5) is 11.1. The number of halogens is 1. The number of rotatable bonds is 5. The van der Waals surface area contributed by atoms with E-state index in [9.17, 15) is 4.79 Å². The summed E-state index contributed by atoms with van der Waals surface area (Å²) < 4.78 is 6.99. The number of hydrogen-bond donors (Lipinski definition) is 1. The fourth-order valence-electron chi connectivity index (χ4n) is 1.57. The minimum absolute atomic E-state index is 0.0629. The number of hydrogen-bond acceptors (Lipinski definition) is 3. The van der Waals surface area contributed by atoms with Crippen LogP contribution >= 0.6 is 11.6 Å². The Labute approximate surface area is 115 Å². The van der Waals surface area contributed by atoms with Gasteiger partial charge >= 0.3 is 0 Å². The van der Waals surface area contributed by atoms with Crippen LogP contribution in [0.4, 0.5) is 0 Å². The van der Waals surface area contributed by atoms with Crippen molar-refractivity contribution in [2.45, 2.75) is 13.3 Å². The molecule has 2 aromatic rings. The Balaban J connectivity index is 2.22. The Kier molecular flexibility index (Phi) is 4.06. The first-order valence-electron chi connectivity index (χ1n) is 5.90. The summed E-state index contributed by atoms with van der Waals surface area (Å²) >= 11 is 5.88. The summed E-state index contributed by atoms with van der Waals surface area (Å²) in [5, 5.41) is 4.28. The van der Waals surface area contributed by atoms with E-state index in [0.29, 0.717) is 6.61 Å². The van der Waals surface area contributed by atoms with E-state index in [0.717, 1.165) is 17.9 Å². The number of benzene rings is 1. The topological polar surface area (TPSA) is 70.1 Å². The van der Waals surface area contributed by atoms with Gasteiger partial charge < -0.3 is 10.5 Å². The number of carbonyl (C=O) groups is 1. The van der Waals surface area contributed by atoms with Crippen molar-refractivity contribution in [2.75, 3.05) is 6.61 Å². The van der Waals surface area contributed by atoms with E-state index in [1.165, 1.54) is 4.68 Å². The molecule has 0 aliphatic rings. The van der Waals surface area contributed by atoms with E-state index in [1.54, 1.807) is 6.20 Å². The molecule has 0 bridgehead atoms. The monoisotopic (exact) mass is 279 g/mol. The zero-order chi connectivity index (χ0) is 13.8. The number of ether oxygens (including phenoxy) is 1. The molecular formula is C13H14ClN3O2. The molecule has 1 heterocycles. The second-order valence-corrected chi connectivity index (χ2v) is 4.38. The van der Waals surface area contributed by atoms with Gasteiger partial charge in [0.2, 0.25) is 0 Å². The van der Waals surface area contributed by atoms with Gasteiger partial charge in [0.15, 0.2) is 5.69 Å². The van der Waals surface area contributed by atoms with Crippen LogP contribution in [0.2, 0.25) is 5.02 Å². The molecule has 100 valence electrons. The Bertz CT molecular complexity index is 578. The van der Waals surface area contributed by atoms with Crippen molar-refractivity contribution in [1.29, 1.82) is 0 Å². The molecule has 1 aromatic carbocycles. The highest BCUT2D eigenvalue weighted by Crippen LogP contribution is 2.19. The first-order valence-corrected chi connectivity index (χ1v) is 6.28. The number of nitrogens with zero attached hydrogens (tertiary/aromatic N) is 2. The molecule has 2 N–H and O–H groups in total. The highest BCUT2D eigenvalue weighted by molar-refractivity contribution is 6.33. The summed E-state index contributed by atoms with van der Waals surface area (Å²) in [6.45, 7) is 2.73. The van der Waals surface area contributed by atoms with Crippen LogP contribution in [0.25, 0.3) is 5.69 Å². The van der Waals surface area contributed by atoms with E-state index in [2.05, 4.69) is 5.10 Å². The second-order valence-electron chi connectivity index (χ2n) is 3.98. The summed E-state index contributed by atoms with van der Waals surface area (Å²) in [7, 11) is 0. The van der Waals surface area contributed by atoms with E-state index >= 15 is 0 Å². The van der Waals surface area contributed by atoms with Crippen LogP contribution in [0.5, 0.6) is 5.75 Å². The Morgan fingerprint density at radius 1 is 1.42 bits per heavy atom. The lowest BCUT2D eigenvalue weighted by molar-refractivity contribution is 0.0995. The molecule has 0 fully saturated rings. The Hall–Kier alpha value is -2.01. The average molecular weight is 280 g/mol. The number of amides is 1. The van der Waals surface area contributed by atoms with Crippen LogP contribution in [-0.2, 0) is 0 Å². The van der Waals surface area contributed by atoms with Crippen molar-refractivity contribution in [1.82, 2.24) is 9.78 Å². The highest BCUT2D eigenvalue weighted by atomic mass is 35.5. The van der Waals surface area contributed by atoms with Crippen LogP contribution in [0.15, 0.2) is 30.5 Å². The van der Waals surface area contributed by atoms with Crippen molar-refractivity contribution in [2.24, 2.45) is 5.73 Å². The molecule has 6 heteroatoms. The average Bonchev–Trinajstić information content (AvgIpc) is 2.79. The van der Waals surface area contributed by atoms with Gasteiger partial charge in [-0.25, -0.2) is 4.68 Å². The highest BCUT2D eigenvalue weighted by Gasteiger charge is 2.12. The summed E-state index contributed by atoms with van der Waals surface area (Å²) in [5.74, 6) is 0.144. The number of nitrogens with two attached hydrogens (primary N) is 1. The van der Waals surface area contributed by atoms with Gasteiger partial charge in [0.1, 0.15) is 5.75 Å². The normalized spacial score (nSPS) is 10.4. The molecule has 0 aliphatic heterocycles. The minimum Gasteiger partial charge on any atom is -0.494 e. The SMILES string of the molecule is CCCOc1ccc(-n2cc(Cl)c(C(N)=O)n2)cc1. The first-order chi connectivity index (χ1) is 9.11. The van der Waals surface area contributed by atoms with Gasteiger partial charge in [-0.1, -0.05) is 18.5 Å². The van der Waals surface area contributed by atoms with Crippen LogP contribution in [0, 0.1) is 0 Å². The smallest absolute Gasteiger partial charge is 0.270 e. The molecule has 1 aromatic heterocycles. The molecule has 0 atom stereocenters. The summed E-state index contributed by atoms with van der Waals surface area (Å²) in [5.41, 5.74) is 6.00. The summed E-state index contributed by atoms with van der Waals surface area (Å²) in [6, 6.07) is 7.34. The zero-order valence-corrected chi connectivity index (χ0v) is 11.2. The molecule has 19 heavy (non-hydrogen) atoms. The van der Waals surface area contributed by atoms with Gasteiger partial charge in [-0.05, 0) is 30.7 Å². The molecule has 0 aliphatic carbocycles. The van der Waals surface area contributed by atoms with Crippen molar-refractivity contribution in [3.63, 3.8) is 0 Å². The largest absolute Gasteiger partial charge is 0.494 e. The van der Waals surface area contributed by atoms with Gasteiger partial charge in [-0.15, -0.1) is 0 Å². The van der Waals surface area contributed by atoms with Crippen molar-refractivity contribution in [3.05, 3.63) is 41.2 Å². The predicted octanol–water partition coefficient (Wildman–Crippen LogP) is 2.41. The van der Waals surface area contributed by atoms with Crippen molar-refractivity contribution >= 4 is 17.5 Å². The quantitative estimate of drug-likeness (QED) is 0.914. The van der Waals surface area contributed by atoms with E-state index in [1.807, 2.05) is 31.2 Å². The lowest BCUT2D eigenvalue weighted by atomic mass is 10.3. The Morgan fingerprint density at radius 3 is 2.63 bits per heavy atom. The van der Waals surface area contributed by atoms with E-state index < -0.39 is 5.91 Å². The molecule has 5 nitrogen and oxygen atoms in total. The van der Waals surface area contributed by atoms with E-state index in [4.69, 9.17) is 22.1 Å². The van der Waals surface area contributed by atoms with Gasteiger partial charge in [-0.3, -0.25) is 4.79 Å². The molecule has 0 saturated heterocycles. The fraction of sp³-hybridized carbons (Fsp3) is 0.231. The third-order valence-electron chi connectivity index (χ3n) is 2.48. The fourth-order valence-corrected chi connectivity index (χ4v) is 1.79. The van der Waals surface area contributed by atoms with Crippen LogP contribution in [-0.4, -0.2) is 22.3 Å². The molecule has 0 unspecified atom stereocenters. The molecular weight excluding hydrogens is 266 g/mol. The van der Waals surface area contributed by atoms with Gasteiger partial charge in [0.25, 0.3) is 5.91 Å². The van der Waals surface area contributed by atoms with Crippen molar-refractivity contribution < 1.29 is 9.53 Å².